The zero-order valence-corrected chi connectivity index (χ0v) is 35.0. The highest BCUT2D eigenvalue weighted by Crippen LogP contribution is 2.43. The standard InChI is InChI=1S/C42H82NO7P/c1-6-8-10-12-14-16-18-20-22-23-25-27-29-31-33-35-42(44)50-41(40-49-51(45,46)48-38-36-43(3,4)5)39-47-37-34-32-30-28-26-24-21-19-17-15-13-11-9-7-2/h29,31,34,37,41H,6-28,30,32-33,35-36,38-40H2,1-5H3/p+1/b31-29-,37-34+. The minimum absolute atomic E-state index is 0.0360. The number of ether oxygens (including phenoxy) is 2. The monoisotopic (exact) mass is 745 g/mol. The van der Waals surface area contributed by atoms with E-state index in [1.54, 1.807) is 6.26 Å². The van der Waals surface area contributed by atoms with Crippen LogP contribution in [0.2, 0.25) is 0 Å². The van der Waals surface area contributed by atoms with Gasteiger partial charge in [-0.15, -0.1) is 0 Å². The fourth-order valence-electron chi connectivity index (χ4n) is 5.77. The van der Waals surface area contributed by atoms with Gasteiger partial charge in [-0.3, -0.25) is 13.8 Å². The molecule has 0 bridgehead atoms. The van der Waals surface area contributed by atoms with Crippen molar-refractivity contribution in [2.24, 2.45) is 0 Å². The van der Waals surface area contributed by atoms with Crippen LogP contribution < -0.4 is 0 Å². The third-order valence-electron chi connectivity index (χ3n) is 9.09. The van der Waals surface area contributed by atoms with Gasteiger partial charge in [-0.2, -0.15) is 0 Å². The fraction of sp³-hybridized carbons (Fsp3) is 0.881. The minimum Gasteiger partial charge on any atom is -0.498 e. The number of likely N-dealkylation sites (N-methyl/N-ethyl adjacent to an activating group) is 1. The molecular formula is C42H83NO7P+. The van der Waals surface area contributed by atoms with Crippen molar-refractivity contribution < 1.29 is 37.3 Å². The van der Waals surface area contributed by atoms with E-state index in [1.807, 2.05) is 33.3 Å². The topological polar surface area (TPSA) is 91.3 Å². The van der Waals surface area contributed by atoms with Crippen molar-refractivity contribution in [1.82, 2.24) is 0 Å². The maximum absolute atomic E-state index is 12.6. The highest BCUT2D eigenvalue weighted by atomic mass is 31.2. The molecule has 0 fully saturated rings. The van der Waals surface area contributed by atoms with Crippen molar-refractivity contribution in [3.8, 4) is 0 Å². The summed E-state index contributed by atoms with van der Waals surface area (Å²) in [4.78, 5) is 22.8. The smallest absolute Gasteiger partial charge is 0.472 e. The molecule has 2 atom stereocenters. The Hall–Kier alpha value is -1.18. The number of phosphoric acid groups is 1. The Morgan fingerprint density at radius 3 is 1.51 bits per heavy atom. The lowest BCUT2D eigenvalue weighted by Crippen LogP contribution is -2.37. The van der Waals surface area contributed by atoms with E-state index in [0.717, 1.165) is 19.3 Å². The molecule has 302 valence electrons. The Bertz CT molecular complexity index is 874. The van der Waals surface area contributed by atoms with Crippen LogP contribution in [-0.4, -0.2) is 69.0 Å². The molecule has 8 nitrogen and oxygen atoms in total. The summed E-state index contributed by atoms with van der Waals surface area (Å²) in [6.45, 7) is 4.90. The Morgan fingerprint density at radius 1 is 0.608 bits per heavy atom. The third-order valence-corrected chi connectivity index (χ3v) is 10.1. The summed E-state index contributed by atoms with van der Waals surface area (Å²) in [6, 6.07) is 0. The molecule has 0 aromatic carbocycles. The van der Waals surface area contributed by atoms with E-state index in [4.69, 9.17) is 18.5 Å². The van der Waals surface area contributed by atoms with Gasteiger partial charge in [-0.25, -0.2) is 4.57 Å². The number of rotatable bonds is 39. The molecule has 2 unspecified atom stereocenters. The van der Waals surface area contributed by atoms with Gasteiger partial charge in [0.05, 0.1) is 34.0 Å². The molecule has 0 aliphatic carbocycles. The van der Waals surface area contributed by atoms with Crippen LogP contribution in [0.1, 0.15) is 187 Å². The van der Waals surface area contributed by atoms with Gasteiger partial charge in [-0.1, -0.05) is 161 Å². The first-order valence-corrected chi connectivity index (χ1v) is 22.6. The van der Waals surface area contributed by atoms with Crippen LogP contribution in [0.3, 0.4) is 0 Å². The lowest BCUT2D eigenvalue weighted by Gasteiger charge is -2.24. The van der Waals surface area contributed by atoms with Gasteiger partial charge in [0.25, 0.3) is 0 Å². The van der Waals surface area contributed by atoms with Gasteiger partial charge in [0.2, 0.25) is 0 Å². The van der Waals surface area contributed by atoms with Gasteiger partial charge >= 0.3 is 13.8 Å². The second kappa shape index (κ2) is 35.8. The Kier molecular flexibility index (Phi) is 35.0. The van der Waals surface area contributed by atoms with Crippen LogP contribution in [0.15, 0.2) is 24.5 Å². The SMILES string of the molecule is CCCCCCCCCCCCC/C=C\CCC(=O)OC(CO/C=C/CCCCCCCCCCCCCC)COP(=O)(O)OCC[N+](C)(C)C. The Labute approximate surface area is 315 Å². The van der Waals surface area contributed by atoms with Crippen LogP contribution >= 0.6 is 7.82 Å². The molecule has 0 saturated carbocycles. The maximum Gasteiger partial charge on any atom is 0.472 e. The highest BCUT2D eigenvalue weighted by molar-refractivity contribution is 7.47. The number of hydrogen-bond acceptors (Lipinski definition) is 6. The molecule has 0 heterocycles. The van der Waals surface area contributed by atoms with E-state index >= 15 is 0 Å². The normalized spacial score (nSPS) is 14.0. The quantitative estimate of drug-likeness (QED) is 0.0167. The number of unbranched alkanes of at least 4 members (excludes halogenated alkanes) is 23. The summed E-state index contributed by atoms with van der Waals surface area (Å²) >= 11 is 0. The first-order chi connectivity index (χ1) is 24.6. The predicted octanol–water partition coefficient (Wildman–Crippen LogP) is 12.4. The number of nitrogens with zero attached hydrogens (tertiary/aromatic N) is 1. The van der Waals surface area contributed by atoms with E-state index in [-0.39, 0.29) is 32.2 Å². The number of allylic oxidation sites excluding steroid dienone is 3. The molecule has 0 aromatic heterocycles. The first-order valence-electron chi connectivity index (χ1n) is 21.1. The molecule has 0 saturated heterocycles. The van der Waals surface area contributed by atoms with Crippen LogP contribution in [-0.2, 0) is 27.9 Å². The maximum atomic E-state index is 12.6. The second-order valence-corrected chi connectivity index (χ2v) is 16.9. The summed E-state index contributed by atoms with van der Waals surface area (Å²) in [5.74, 6) is -0.384. The third kappa shape index (κ3) is 39.9. The van der Waals surface area contributed by atoms with Gasteiger partial charge in [-0.05, 0) is 38.2 Å². The van der Waals surface area contributed by atoms with Crippen molar-refractivity contribution >= 4 is 13.8 Å². The number of carbonyl (C=O) groups is 1. The molecule has 0 amide bonds. The summed E-state index contributed by atoms with van der Waals surface area (Å²) in [6.07, 6.45) is 40.3. The summed E-state index contributed by atoms with van der Waals surface area (Å²) in [5, 5.41) is 0. The molecule has 9 heteroatoms. The van der Waals surface area contributed by atoms with Gasteiger partial charge < -0.3 is 18.9 Å². The number of quaternary nitrogens is 1. The zero-order valence-electron chi connectivity index (χ0n) is 34.1. The summed E-state index contributed by atoms with van der Waals surface area (Å²) in [5.41, 5.74) is 0. The molecule has 51 heavy (non-hydrogen) atoms. The Morgan fingerprint density at radius 2 is 1.04 bits per heavy atom. The van der Waals surface area contributed by atoms with E-state index in [1.165, 1.54) is 141 Å². The molecule has 0 aliphatic heterocycles. The number of phosphoric ester groups is 1. The van der Waals surface area contributed by atoms with E-state index in [9.17, 15) is 14.3 Å². The lowest BCUT2D eigenvalue weighted by atomic mass is 10.0. The zero-order chi connectivity index (χ0) is 37.7. The second-order valence-electron chi connectivity index (χ2n) is 15.4. The van der Waals surface area contributed by atoms with Gasteiger partial charge in [0, 0.05) is 6.42 Å². The van der Waals surface area contributed by atoms with Crippen molar-refractivity contribution in [2.75, 3.05) is 47.5 Å². The van der Waals surface area contributed by atoms with Crippen molar-refractivity contribution in [1.29, 1.82) is 0 Å². The van der Waals surface area contributed by atoms with Gasteiger partial charge in [0.15, 0.2) is 6.10 Å². The van der Waals surface area contributed by atoms with E-state index in [0.29, 0.717) is 17.4 Å². The Balaban J connectivity index is 4.34. The molecule has 0 aliphatic rings. The van der Waals surface area contributed by atoms with Crippen molar-refractivity contribution in [2.45, 2.75) is 193 Å². The molecular weight excluding hydrogens is 661 g/mol. The molecule has 1 N–H and O–H groups in total. The predicted molar refractivity (Wildman–Crippen MR) is 215 cm³/mol. The minimum atomic E-state index is -4.29. The number of carbonyl (C=O) groups excluding carboxylic acids is 1. The molecule has 0 aromatic rings. The number of hydrogen-bond donors (Lipinski definition) is 1. The van der Waals surface area contributed by atoms with E-state index < -0.39 is 13.9 Å². The van der Waals surface area contributed by atoms with Crippen molar-refractivity contribution in [3.05, 3.63) is 24.5 Å². The lowest BCUT2D eigenvalue weighted by molar-refractivity contribution is -0.870. The van der Waals surface area contributed by atoms with Crippen LogP contribution in [0.4, 0.5) is 0 Å². The average molecular weight is 745 g/mol. The van der Waals surface area contributed by atoms with Crippen LogP contribution in [0.25, 0.3) is 0 Å². The van der Waals surface area contributed by atoms with Crippen LogP contribution in [0.5, 0.6) is 0 Å². The summed E-state index contributed by atoms with van der Waals surface area (Å²) < 4.78 is 34.6. The van der Waals surface area contributed by atoms with Crippen molar-refractivity contribution in [3.63, 3.8) is 0 Å². The first kappa shape index (κ1) is 49.8. The van der Waals surface area contributed by atoms with E-state index in [2.05, 4.69) is 19.9 Å². The highest BCUT2D eigenvalue weighted by Gasteiger charge is 2.26. The largest absolute Gasteiger partial charge is 0.498 e. The molecule has 0 spiro atoms. The summed E-state index contributed by atoms with van der Waals surface area (Å²) in [7, 11) is 1.62. The molecule has 0 rings (SSSR count). The average Bonchev–Trinajstić information content (AvgIpc) is 3.08. The van der Waals surface area contributed by atoms with Crippen LogP contribution in [0, 0.1) is 0 Å². The number of esters is 1. The molecule has 0 radical (unpaired) electrons. The fourth-order valence-corrected chi connectivity index (χ4v) is 6.51. The van der Waals surface area contributed by atoms with Gasteiger partial charge in [0.1, 0.15) is 19.8 Å².